The summed E-state index contributed by atoms with van der Waals surface area (Å²) in [6, 6.07) is 0. The molecule has 2 rings (SSSR count). The van der Waals surface area contributed by atoms with Crippen LogP contribution in [-0.4, -0.2) is 71.9 Å². The molecule has 0 spiro atoms. The maximum atomic E-state index is 11.1. The van der Waals surface area contributed by atoms with Gasteiger partial charge in [-0.05, 0) is 0 Å². The molecule has 1 fully saturated rings. The fourth-order valence-electron chi connectivity index (χ4n) is 2.34. The number of esters is 1. The lowest BCUT2D eigenvalue weighted by atomic mass is 9.93. The number of nitrogens with zero attached hydrogens (tertiary/aromatic N) is 4. The summed E-state index contributed by atoms with van der Waals surface area (Å²) in [5.41, 5.74) is 0.999. The first-order valence-corrected chi connectivity index (χ1v) is 7.51. The monoisotopic (exact) mass is 366 g/mol. The van der Waals surface area contributed by atoms with Crippen molar-refractivity contribution in [3.8, 4) is 0 Å². The summed E-state index contributed by atoms with van der Waals surface area (Å²) in [6.45, 7) is 2.46. The summed E-state index contributed by atoms with van der Waals surface area (Å²) in [7, 11) is 5.88. The van der Waals surface area contributed by atoms with Crippen LogP contribution in [0.3, 0.4) is 0 Å². The van der Waals surface area contributed by atoms with Gasteiger partial charge in [0.25, 0.3) is 0 Å². The van der Waals surface area contributed by atoms with Gasteiger partial charge < -0.3 is 19.1 Å². The molecule has 0 amide bonds. The molecular formula is C14H21F3N4O4. The Labute approximate surface area is 142 Å². The van der Waals surface area contributed by atoms with E-state index < -0.39 is 12.1 Å². The van der Waals surface area contributed by atoms with E-state index in [0.717, 1.165) is 36.1 Å². The predicted octanol–water partition coefficient (Wildman–Crippen LogP) is -0.296. The van der Waals surface area contributed by atoms with Crippen molar-refractivity contribution >= 4 is 11.9 Å². The largest absolute Gasteiger partial charge is 0.542 e. The number of carbonyl (C=O) groups is 2. The number of aliphatic carboxylic acids is 1. The van der Waals surface area contributed by atoms with Gasteiger partial charge in [0.1, 0.15) is 12.5 Å². The van der Waals surface area contributed by atoms with Gasteiger partial charge >= 0.3 is 12.1 Å². The zero-order valence-electron chi connectivity index (χ0n) is 14.2. The number of carbonyl (C=O) groups excluding carboxylic acids is 2. The Bertz CT molecular complexity index is 591. The SMILES string of the molecule is COC(=O)Cn1cc(C2CC[N+](C)(C)CC2)nn1.O=C([O-])C(F)(F)F. The Morgan fingerprint density at radius 1 is 1.36 bits per heavy atom. The molecule has 0 N–H and O–H groups in total. The van der Waals surface area contributed by atoms with E-state index in [1.54, 1.807) is 4.68 Å². The topological polar surface area (TPSA) is 97.1 Å². The highest BCUT2D eigenvalue weighted by molar-refractivity contribution is 5.70. The number of carboxylic acid groups (broad SMARTS) is 1. The zero-order chi connectivity index (χ0) is 19.3. The number of hydrogen-bond acceptors (Lipinski definition) is 6. The van der Waals surface area contributed by atoms with Gasteiger partial charge in [0.05, 0.1) is 40.0 Å². The maximum Gasteiger partial charge on any atom is 0.430 e. The van der Waals surface area contributed by atoms with Gasteiger partial charge in [-0.1, -0.05) is 5.21 Å². The van der Waals surface area contributed by atoms with E-state index in [1.165, 1.54) is 7.11 Å². The Morgan fingerprint density at radius 2 is 1.88 bits per heavy atom. The minimum absolute atomic E-state index is 0.137. The number of ether oxygens (including phenoxy) is 1. The Hall–Kier alpha value is -2.17. The minimum Gasteiger partial charge on any atom is -0.542 e. The van der Waals surface area contributed by atoms with Gasteiger partial charge in [-0.25, -0.2) is 4.68 Å². The van der Waals surface area contributed by atoms with Crippen LogP contribution in [0.15, 0.2) is 6.20 Å². The summed E-state index contributed by atoms with van der Waals surface area (Å²) in [4.78, 5) is 19.9. The van der Waals surface area contributed by atoms with Gasteiger partial charge in [0.15, 0.2) is 0 Å². The van der Waals surface area contributed by atoms with Crippen molar-refractivity contribution in [2.75, 3.05) is 34.3 Å². The van der Waals surface area contributed by atoms with E-state index in [0.29, 0.717) is 5.92 Å². The molecule has 25 heavy (non-hydrogen) atoms. The molecule has 8 nitrogen and oxygen atoms in total. The lowest BCUT2D eigenvalue weighted by Gasteiger charge is -2.36. The second-order valence-electron chi connectivity index (χ2n) is 6.36. The molecule has 11 heteroatoms. The summed E-state index contributed by atoms with van der Waals surface area (Å²) in [6.07, 6.45) is -1.07. The molecule has 0 saturated carbocycles. The van der Waals surface area contributed by atoms with Crippen molar-refractivity contribution in [3.63, 3.8) is 0 Å². The highest BCUT2D eigenvalue weighted by atomic mass is 19.4. The third kappa shape index (κ3) is 7.08. The number of aromatic nitrogens is 3. The van der Waals surface area contributed by atoms with Crippen LogP contribution in [-0.2, 0) is 20.9 Å². The van der Waals surface area contributed by atoms with Crippen LogP contribution in [0, 0.1) is 0 Å². The summed E-state index contributed by atoms with van der Waals surface area (Å²) >= 11 is 0. The molecule has 1 aliphatic rings. The van der Waals surface area contributed by atoms with Crippen molar-refractivity contribution < 1.29 is 37.1 Å². The second kappa shape index (κ2) is 8.28. The van der Waals surface area contributed by atoms with Gasteiger partial charge in [0, 0.05) is 25.0 Å². The van der Waals surface area contributed by atoms with E-state index >= 15 is 0 Å². The van der Waals surface area contributed by atoms with Crippen LogP contribution in [0.5, 0.6) is 0 Å². The number of methoxy groups -OCH3 is 1. The van der Waals surface area contributed by atoms with E-state index in [-0.39, 0.29) is 12.5 Å². The first-order valence-electron chi connectivity index (χ1n) is 7.51. The smallest absolute Gasteiger partial charge is 0.430 e. The van der Waals surface area contributed by atoms with Gasteiger partial charge in [-0.3, -0.25) is 4.79 Å². The molecule has 0 bridgehead atoms. The van der Waals surface area contributed by atoms with Crippen LogP contribution in [0.25, 0.3) is 0 Å². The average Bonchev–Trinajstić information content (AvgIpc) is 2.95. The first kappa shape index (κ1) is 20.9. The third-order valence-corrected chi connectivity index (χ3v) is 3.89. The second-order valence-corrected chi connectivity index (χ2v) is 6.36. The van der Waals surface area contributed by atoms with Crippen molar-refractivity contribution in [1.82, 2.24) is 15.0 Å². The zero-order valence-corrected chi connectivity index (χ0v) is 14.2. The summed E-state index contributed by atoms with van der Waals surface area (Å²) in [5, 5.41) is 16.9. The van der Waals surface area contributed by atoms with Gasteiger partial charge in [0.2, 0.25) is 0 Å². The molecule has 0 unspecified atom stereocenters. The highest BCUT2D eigenvalue weighted by Crippen LogP contribution is 2.28. The predicted molar refractivity (Wildman–Crippen MR) is 76.9 cm³/mol. The van der Waals surface area contributed by atoms with Crippen LogP contribution in [0.1, 0.15) is 24.5 Å². The average molecular weight is 366 g/mol. The molecule has 1 saturated heterocycles. The normalized spacial score (nSPS) is 17.4. The molecule has 2 heterocycles. The fraction of sp³-hybridized carbons (Fsp3) is 0.714. The quantitative estimate of drug-likeness (QED) is 0.538. The minimum atomic E-state index is -5.19. The molecule has 1 aromatic rings. The van der Waals surface area contributed by atoms with E-state index in [1.807, 2.05) is 6.20 Å². The Morgan fingerprint density at radius 3 is 2.32 bits per heavy atom. The first-order chi connectivity index (χ1) is 11.4. The molecule has 0 aromatic carbocycles. The van der Waals surface area contributed by atoms with Crippen LogP contribution in [0.4, 0.5) is 13.2 Å². The molecule has 1 aliphatic heterocycles. The molecule has 0 aliphatic carbocycles. The number of likely N-dealkylation sites (tertiary alicyclic amines) is 1. The standard InChI is InChI=1S/C12H21N4O2.C2HF3O2/c1-16(2)6-4-10(5-7-16)11-8-15(14-13-11)9-12(17)18-3;3-2(4,5)1(6)7/h8,10H,4-7,9H2,1-3H3;(H,6,7)/q+1;/p-1. The number of piperidine rings is 1. The number of carboxylic acids is 1. The maximum absolute atomic E-state index is 11.1. The number of halogens is 3. The lowest BCUT2D eigenvalue weighted by molar-refractivity contribution is -0.895. The third-order valence-electron chi connectivity index (χ3n) is 3.89. The van der Waals surface area contributed by atoms with Crippen molar-refractivity contribution in [2.24, 2.45) is 0 Å². The Kier molecular flexibility index (Phi) is 6.91. The molecular weight excluding hydrogens is 345 g/mol. The molecule has 142 valence electrons. The van der Waals surface area contributed by atoms with Gasteiger partial charge in [-0.2, -0.15) is 13.2 Å². The van der Waals surface area contributed by atoms with E-state index in [2.05, 4.69) is 29.1 Å². The molecule has 1 aromatic heterocycles. The van der Waals surface area contributed by atoms with Crippen molar-refractivity contribution in [3.05, 3.63) is 11.9 Å². The highest BCUT2D eigenvalue weighted by Gasteiger charge is 2.29. The van der Waals surface area contributed by atoms with Gasteiger partial charge in [-0.15, -0.1) is 5.10 Å². The number of hydrogen-bond donors (Lipinski definition) is 0. The summed E-state index contributed by atoms with van der Waals surface area (Å²) < 4.78 is 38.8. The van der Waals surface area contributed by atoms with Crippen molar-refractivity contribution in [1.29, 1.82) is 0 Å². The number of alkyl halides is 3. The fourth-order valence-corrected chi connectivity index (χ4v) is 2.34. The van der Waals surface area contributed by atoms with E-state index in [4.69, 9.17) is 9.90 Å². The molecule has 0 atom stereocenters. The number of quaternary nitrogens is 1. The van der Waals surface area contributed by atoms with Crippen LogP contribution >= 0.6 is 0 Å². The lowest BCUT2D eigenvalue weighted by Crippen LogP contribution is -2.45. The molecule has 0 radical (unpaired) electrons. The summed E-state index contributed by atoms with van der Waals surface area (Å²) in [5.74, 6) is -2.83. The van der Waals surface area contributed by atoms with E-state index in [9.17, 15) is 18.0 Å². The van der Waals surface area contributed by atoms with Crippen LogP contribution < -0.4 is 5.11 Å². The van der Waals surface area contributed by atoms with Crippen LogP contribution in [0.2, 0.25) is 0 Å². The number of rotatable bonds is 3. The Balaban J connectivity index is 0.000000381. The van der Waals surface area contributed by atoms with Crippen molar-refractivity contribution in [2.45, 2.75) is 31.5 Å².